The molecule has 4 rings (SSSR count). The smallest absolute Gasteiger partial charge is 0.308 e. The summed E-state index contributed by atoms with van der Waals surface area (Å²) >= 11 is 5.86. The van der Waals surface area contributed by atoms with Crippen LogP contribution in [0.1, 0.15) is 60.8 Å². The fourth-order valence-electron chi connectivity index (χ4n) is 4.49. The van der Waals surface area contributed by atoms with Gasteiger partial charge in [0.2, 0.25) is 0 Å². The highest BCUT2D eigenvalue weighted by Crippen LogP contribution is 2.30. The van der Waals surface area contributed by atoms with Gasteiger partial charge in [0, 0.05) is 31.5 Å². The van der Waals surface area contributed by atoms with E-state index < -0.39 is 35.7 Å². The number of halogens is 3. The number of carbonyl (C=O) groups is 2. The Morgan fingerprint density at radius 1 is 1.24 bits per heavy atom. The second-order valence-electron chi connectivity index (χ2n) is 9.41. The first-order chi connectivity index (χ1) is 17.6. The number of cyclic esters (lactones) is 1. The monoisotopic (exact) mass is 531 g/mol. The van der Waals surface area contributed by atoms with Crippen LogP contribution in [0.4, 0.5) is 8.78 Å². The van der Waals surface area contributed by atoms with Gasteiger partial charge >= 0.3 is 5.97 Å². The predicted octanol–water partition coefficient (Wildman–Crippen LogP) is 4.99. The first-order valence-corrected chi connectivity index (χ1v) is 12.5. The zero-order valence-electron chi connectivity index (χ0n) is 20.5. The second kappa shape index (κ2) is 11.4. The molecule has 2 atom stereocenters. The van der Waals surface area contributed by atoms with E-state index in [1.807, 2.05) is 18.4 Å². The Hall–Kier alpha value is -3.30. The number of nitrogens with zero attached hydrogens (tertiary/aromatic N) is 2. The fourth-order valence-corrected chi connectivity index (χ4v) is 4.69. The number of amides is 1. The molecular weight excluding hydrogens is 504 g/mol. The van der Waals surface area contributed by atoms with Crippen LogP contribution in [0.3, 0.4) is 0 Å². The van der Waals surface area contributed by atoms with Crippen molar-refractivity contribution in [2.45, 2.75) is 64.3 Å². The maximum Gasteiger partial charge on any atom is 0.308 e. The van der Waals surface area contributed by atoms with E-state index in [2.05, 4.69) is 10.3 Å². The summed E-state index contributed by atoms with van der Waals surface area (Å²) in [4.78, 5) is 29.7. The van der Waals surface area contributed by atoms with E-state index in [1.165, 1.54) is 30.3 Å². The number of aliphatic hydroxyl groups excluding tert-OH is 1. The molecule has 1 aromatic heterocycles. The zero-order valence-corrected chi connectivity index (χ0v) is 21.3. The van der Waals surface area contributed by atoms with Crippen LogP contribution in [0.5, 0.6) is 0 Å². The lowest BCUT2D eigenvalue weighted by Gasteiger charge is -2.26. The van der Waals surface area contributed by atoms with Crippen LogP contribution in [0.15, 0.2) is 42.5 Å². The summed E-state index contributed by atoms with van der Waals surface area (Å²) in [6.45, 7) is 4.34. The topological polar surface area (TPSA) is 93.5 Å². The van der Waals surface area contributed by atoms with Crippen molar-refractivity contribution in [2.75, 3.05) is 0 Å². The first kappa shape index (κ1) is 26.8. The average Bonchev–Trinajstić information content (AvgIpc) is 3.23. The van der Waals surface area contributed by atoms with Gasteiger partial charge in [0.1, 0.15) is 29.3 Å². The highest BCUT2D eigenvalue weighted by molar-refractivity contribution is 6.30. The molecule has 196 valence electrons. The molecule has 2 N–H and O–H groups in total. The molecule has 10 heteroatoms. The van der Waals surface area contributed by atoms with E-state index in [1.54, 1.807) is 12.1 Å². The van der Waals surface area contributed by atoms with E-state index in [0.717, 1.165) is 0 Å². The maximum absolute atomic E-state index is 13.6. The van der Waals surface area contributed by atoms with Crippen molar-refractivity contribution in [3.8, 4) is 11.4 Å². The molecule has 1 fully saturated rings. The normalized spacial score (nSPS) is 17.6. The third-order valence-corrected chi connectivity index (χ3v) is 6.51. The third kappa shape index (κ3) is 6.34. The molecule has 1 aliphatic rings. The standard InChI is InChI=1S/C27H28ClF2N3O4/c1-15(2)25-24(27(36)31-14-16-3-8-22(30)21(28)11-16)32-26(17-4-6-18(29)7-5-17)33(25)10-9-20-12-19(34)13-23(35)37-20/h3-8,11,15,19-20,34H,9-10,12-14H2,1-2H3,(H,31,36)/t19-,20-/m1/s1. The van der Waals surface area contributed by atoms with Gasteiger partial charge < -0.3 is 19.7 Å². The molecule has 0 radical (unpaired) electrons. The zero-order chi connectivity index (χ0) is 26.7. The largest absolute Gasteiger partial charge is 0.462 e. The van der Waals surface area contributed by atoms with Crippen molar-refractivity contribution < 1.29 is 28.2 Å². The molecule has 0 unspecified atom stereocenters. The predicted molar refractivity (Wildman–Crippen MR) is 134 cm³/mol. The molecular formula is C27H28ClF2N3O4. The minimum absolute atomic E-state index is 0.0246. The van der Waals surface area contributed by atoms with Gasteiger partial charge in [-0.15, -0.1) is 0 Å². The summed E-state index contributed by atoms with van der Waals surface area (Å²) in [6, 6.07) is 10.0. The minimum atomic E-state index is -0.753. The molecule has 2 aromatic carbocycles. The number of imidazole rings is 1. The number of esters is 1. The Kier molecular flexibility index (Phi) is 8.24. The summed E-state index contributed by atoms with van der Waals surface area (Å²) in [5.74, 6) is -1.45. The lowest BCUT2D eigenvalue weighted by molar-refractivity contribution is -0.160. The number of nitrogens with one attached hydrogen (secondary N) is 1. The van der Waals surface area contributed by atoms with E-state index in [-0.39, 0.29) is 29.6 Å². The van der Waals surface area contributed by atoms with Gasteiger partial charge in [0.15, 0.2) is 0 Å². The summed E-state index contributed by atoms with van der Waals surface area (Å²) in [6.07, 6.45) is -0.515. The van der Waals surface area contributed by atoms with Crippen LogP contribution in [-0.2, 0) is 22.6 Å². The summed E-state index contributed by atoms with van der Waals surface area (Å²) in [5.41, 5.74) is 2.12. The number of aromatic nitrogens is 2. The Morgan fingerprint density at radius 3 is 2.62 bits per heavy atom. The van der Waals surface area contributed by atoms with Crippen LogP contribution < -0.4 is 5.32 Å². The molecule has 2 heterocycles. The summed E-state index contributed by atoms with van der Waals surface area (Å²) < 4.78 is 34.4. The Bertz CT molecular complexity index is 1290. The van der Waals surface area contributed by atoms with Gasteiger partial charge in [-0.05, 0) is 47.9 Å². The highest BCUT2D eigenvalue weighted by Gasteiger charge is 2.29. The van der Waals surface area contributed by atoms with Crippen LogP contribution >= 0.6 is 11.6 Å². The molecule has 1 aliphatic heterocycles. The third-order valence-electron chi connectivity index (χ3n) is 6.22. The van der Waals surface area contributed by atoms with Crippen molar-refractivity contribution in [3.05, 3.63) is 76.1 Å². The van der Waals surface area contributed by atoms with Crippen LogP contribution in [0.25, 0.3) is 11.4 Å². The van der Waals surface area contributed by atoms with Crippen LogP contribution in [-0.4, -0.2) is 38.7 Å². The molecule has 1 amide bonds. The molecule has 7 nitrogen and oxygen atoms in total. The number of ether oxygens (including phenoxy) is 1. The van der Waals surface area contributed by atoms with Gasteiger partial charge in [0.05, 0.1) is 23.2 Å². The minimum Gasteiger partial charge on any atom is -0.462 e. The van der Waals surface area contributed by atoms with E-state index in [9.17, 15) is 23.5 Å². The molecule has 0 saturated carbocycles. The number of rotatable bonds is 8. The average molecular weight is 532 g/mol. The second-order valence-corrected chi connectivity index (χ2v) is 9.82. The van der Waals surface area contributed by atoms with Crippen LogP contribution in [0.2, 0.25) is 5.02 Å². The van der Waals surface area contributed by atoms with Crippen molar-refractivity contribution >= 4 is 23.5 Å². The van der Waals surface area contributed by atoms with E-state index in [0.29, 0.717) is 42.0 Å². The molecule has 3 aromatic rings. The van der Waals surface area contributed by atoms with Crippen molar-refractivity contribution in [1.82, 2.24) is 14.9 Å². The Balaban J connectivity index is 1.65. The van der Waals surface area contributed by atoms with Gasteiger partial charge in [-0.25, -0.2) is 13.8 Å². The number of benzene rings is 2. The van der Waals surface area contributed by atoms with Crippen molar-refractivity contribution in [3.63, 3.8) is 0 Å². The number of aliphatic hydroxyl groups is 1. The first-order valence-electron chi connectivity index (χ1n) is 12.1. The van der Waals surface area contributed by atoms with E-state index >= 15 is 0 Å². The Labute approximate surface area is 218 Å². The molecule has 0 bridgehead atoms. The number of carbonyl (C=O) groups excluding carboxylic acids is 2. The molecule has 37 heavy (non-hydrogen) atoms. The fraction of sp³-hybridized carbons (Fsp3) is 0.370. The van der Waals surface area contributed by atoms with Gasteiger partial charge in [-0.1, -0.05) is 31.5 Å². The molecule has 1 saturated heterocycles. The summed E-state index contributed by atoms with van der Waals surface area (Å²) in [7, 11) is 0. The van der Waals surface area contributed by atoms with Crippen molar-refractivity contribution in [1.29, 1.82) is 0 Å². The SMILES string of the molecule is CC(C)c1c(C(=O)NCc2ccc(F)c(Cl)c2)nc(-c2ccc(F)cc2)n1CC[C@@H]1C[C@@H](O)CC(=O)O1. The van der Waals surface area contributed by atoms with E-state index in [4.69, 9.17) is 16.3 Å². The lowest BCUT2D eigenvalue weighted by atomic mass is 10.0. The molecule has 0 spiro atoms. The maximum atomic E-state index is 13.6. The Morgan fingerprint density at radius 2 is 1.97 bits per heavy atom. The number of hydrogen-bond acceptors (Lipinski definition) is 5. The van der Waals surface area contributed by atoms with Crippen LogP contribution in [0, 0.1) is 11.6 Å². The van der Waals surface area contributed by atoms with Gasteiger partial charge in [0.25, 0.3) is 5.91 Å². The number of hydrogen-bond donors (Lipinski definition) is 2. The van der Waals surface area contributed by atoms with Gasteiger partial charge in [-0.2, -0.15) is 0 Å². The van der Waals surface area contributed by atoms with Gasteiger partial charge in [-0.3, -0.25) is 9.59 Å². The van der Waals surface area contributed by atoms with Crippen molar-refractivity contribution in [2.24, 2.45) is 0 Å². The lowest BCUT2D eigenvalue weighted by Crippen LogP contribution is -2.33. The quantitative estimate of drug-likeness (QED) is 0.399. The summed E-state index contributed by atoms with van der Waals surface area (Å²) in [5, 5.41) is 12.8. The molecule has 0 aliphatic carbocycles. The highest BCUT2D eigenvalue weighted by atomic mass is 35.5.